The predicted octanol–water partition coefficient (Wildman–Crippen LogP) is 4.26. The normalized spacial score (nSPS) is 14.9. The number of rotatable bonds is 7. The largest absolute Gasteiger partial charge is 0.497 e. The lowest BCUT2D eigenvalue weighted by Gasteiger charge is -2.16. The Morgan fingerprint density at radius 3 is 2.37 bits per heavy atom. The van der Waals surface area contributed by atoms with Crippen molar-refractivity contribution < 1.29 is 35.9 Å². The molecule has 3 aromatic rings. The molecule has 0 fully saturated rings. The Labute approximate surface area is 199 Å². The number of halogens is 3. The van der Waals surface area contributed by atoms with Crippen LogP contribution in [-0.4, -0.2) is 42.3 Å². The Hall–Kier alpha value is -3.54. The number of alkyl halides is 3. The summed E-state index contributed by atoms with van der Waals surface area (Å²) in [5.74, 6) is -1.08. The maximum Gasteiger partial charge on any atom is 0.435 e. The molecule has 0 N–H and O–H groups in total. The number of carbonyl (C=O) groups is 1. The molecule has 2 aromatic carbocycles. The zero-order valence-corrected chi connectivity index (χ0v) is 19.9. The van der Waals surface area contributed by atoms with E-state index in [1.54, 1.807) is 50.2 Å². The highest BCUT2D eigenvalue weighted by Gasteiger charge is 2.44. The van der Waals surface area contributed by atoms with Crippen molar-refractivity contribution in [2.45, 2.75) is 37.4 Å². The van der Waals surface area contributed by atoms with Gasteiger partial charge in [0.2, 0.25) is 5.88 Å². The fourth-order valence-corrected chi connectivity index (χ4v) is 5.21. The molecule has 1 aliphatic rings. The van der Waals surface area contributed by atoms with E-state index in [1.165, 1.54) is 13.2 Å². The van der Waals surface area contributed by atoms with Gasteiger partial charge in [-0.15, -0.1) is 0 Å². The highest BCUT2D eigenvalue weighted by molar-refractivity contribution is 7.90. The Bertz CT molecular complexity index is 1370. The van der Waals surface area contributed by atoms with Crippen molar-refractivity contribution in [2.75, 3.05) is 13.8 Å². The molecule has 0 bridgehead atoms. The monoisotopic (exact) mass is 509 g/mol. The molecule has 1 amide bonds. The second-order valence-corrected chi connectivity index (χ2v) is 10.0. The van der Waals surface area contributed by atoms with Crippen LogP contribution in [0.3, 0.4) is 0 Å². The van der Waals surface area contributed by atoms with Gasteiger partial charge in [0.1, 0.15) is 10.6 Å². The van der Waals surface area contributed by atoms with Crippen molar-refractivity contribution in [3.05, 3.63) is 70.9 Å². The van der Waals surface area contributed by atoms with Gasteiger partial charge in [0.25, 0.3) is 15.9 Å². The predicted molar refractivity (Wildman–Crippen MR) is 119 cm³/mol. The molecule has 1 aliphatic heterocycles. The van der Waals surface area contributed by atoms with Crippen molar-refractivity contribution in [1.29, 1.82) is 0 Å². The first kappa shape index (κ1) is 24.6. The van der Waals surface area contributed by atoms with Crippen LogP contribution in [0.15, 0.2) is 53.4 Å². The summed E-state index contributed by atoms with van der Waals surface area (Å²) in [6.07, 6.45) is -4.74. The van der Waals surface area contributed by atoms with Gasteiger partial charge in [0.15, 0.2) is 12.4 Å². The molecule has 0 saturated carbocycles. The Balaban J connectivity index is 1.67. The summed E-state index contributed by atoms with van der Waals surface area (Å²) in [7, 11) is -2.94. The van der Waals surface area contributed by atoms with Gasteiger partial charge in [-0.25, -0.2) is 13.1 Å². The first-order chi connectivity index (χ1) is 16.4. The van der Waals surface area contributed by atoms with E-state index >= 15 is 0 Å². The highest BCUT2D eigenvalue weighted by atomic mass is 32.2. The van der Waals surface area contributed by atoms with Crippen LogP contribution in [0, 0.1) is 0 Å². The van der Waals surface area contributed by atoms with Crippen LogP contribution in [0.1, 0.15) is 46.9 Å². The number of hydrogen-bond acceptors (Lipinski definition) is 6. The molecule has 0 spiro atoms. The standard InChI is InChI=1S/C23H22F3N3O5S/c1-14(2)17-9-16(33-3)10-18-21(17)22(30)29(35(18,31)32)13-34-20-11-19(23(24,25)26)27-28(20)12-15-7-5-4-6-8-15/h4-11,14H,12-13H2,1-3H3. The molecular formula is C23H22F3N3O5S. The number of carbonyl (C=O) groups excluding carboxylic acids is 1. The fourth-order valence-electron chi connectivity index (χ4n) is 3.75. The summed E-state index contributed by atoms with van der Waals surface area (Å²) in [6, 6.07) is 12.1. The van der Waals surface area contributed by atoms with E-state index in [0.717, 1.165) is 4.68 Å². The third-order valence-corrected chi connectivity index (χ3v) is 7.24. The van der Waals surface area contributed by atoms with Crippen molar-refractivity contribution in [3.8, 4) is 11.6 Å². The number of fused-ring (bicyclic) bond motifs is 1. The van der Waals surface area contributed by atoms with Crippen LogP contribution in [0.25, 0.3) is 0 Å². The summed E-state index contributed by atoms with van der Waals surface area (Å²) in [6.45, 7) is 2.72. The number of methoxy groups -OCH3 is 1. The molecule has 0 radical (unpaired) electrons. The van der Waals surface area contributed by atoms with E-state index in [2.05, 4.69) is 5.10 Å². The van der Waals surface area contributed by atoms with Gasteiger partial charge in [-0.3, -0.25) is 4.79 Å². The molecule has 1 aromatic heterocycles. The van der Waals surface area contributed by atoms with Gasteiger partial charge >= 0.3 is 6.18 Å². The highest BCUT2D eigenvalue weighted by Crippen LogP contribution is 2.39. The third-order valence-electron chi connectivity index (χ3n) is 5.51. The second kappa shape index (κ2) is 8.91. The molecule has 0 aliphatic carbocycles. The SMILES string of the molecule is COc1cc(C(C)C)c2c(c1)S(=O)(=O)N(COc1cc(C(F)(F)F)nn1Cc1ccccc1)C2=O. The number of ether oxygens (including phenoxy) is 2. The number of benzene rings is 2. The Morgan fingerprint density at radius 2 is 1.77 bits per heavy atom. The summed E-state index contributed by atoms with van der Waals surface area (Å²) in [5.41, 5.74) is -0.0728. The number of aromatic nitrogens is 2. The minimum Gasteiger partial charge on any atom is -0.497 e. The lowest BCUT2D eigenvalue weighted by Crippen LogP contribution is -2.34. The third kappa shape index (κ3) is 4.57. The molecule has 12 heteroatoms. The van der Waals surface area contributed by atoms with Crippen LogP contribution < -0.4 is 9.47 Å². The maximum absolute atomic E-state index is 13.3. The van der Waals surface area contributed by atoms with Crippen LogP contribution in [0.5, 0.6) is 11.6 Å². The summed E-state index contributed by atoms with van der Waals surface area (Å²) in [4.78, 5) is 12.9. The molecule has 2 heterocycles. The quantitative estimate of drug-likeness (QED) is 0.473. The lowest BCUT2D eigenvalue weighted by molar-refractivity contribution is -0.141. The van der Waals surface area contributed by atoms with Gasteiger partial charge in [0.05, 0.1) is 19.2 Å². The van der Waals surface area contributed by atoms with Gasteiger partial charge < -0.3 is 9.47 Å². The smallest absolute Gasteiger partial charge is 0.435 e. The van der Waals surface area contributed by atoms with E-state index in [-0.39, 0.29) is 34.6 Å². The summed E-state index contributed by atoms with van der Waals surface area (Å²) in [5, 5.41) is 3.57. The van der Waals surface area contributed by atoms with Gasteiger partial charge in [0, 0.05) is 12.1 Å². The van der Waals surface area contributed by atoms with Gasteiger partial charge in [-0.05, 0) is 23.1 Å². The van der Waals surface area contributed by atoms with Crippen molar-refractivity contribution >= 4 is 15.9 Å². The number of amides is 1. The van der Waals surface area contributed by atoms with Gasteiger partial charge in [-0.1, -0.05) is 44.2 Å². The lowest BCUT2D eigenvalue weighted by atomic mass is 9.96. The van der Waals surface area contributed by atoms with Crippen molar-refractivity contribution in [3.63, 3.8) is 0 Å². The molecule has 0 unspecified atom stereocenters. The average molecular weight is 510 g/mol. The number of hydrogen-bond donors (Lipinski definition) is 0. The first-order valence-corrected chi connectivity index (χ1v) is 12.0. The Morgan fingerprint density at radius 1 is 1.09 bits per heavy atom. The van der Waals surface area contributed by atoms with E-state index in [0.29, 0.717) is 21.5 Å². The maximum atomic E-state index is 13.3. The molecule has 0 saturated heterocycles. The molecular weight excluding hydrogens is 487 g/mol. The molecule has 0 atom stereocenters. The van der Waals surface area contributed by atoms with E-state index in [1.807, 2.05) is 0 Å². The zero-order chi connectivity index (χ0) is 25.5. The topological polar surface area (TPSA) is 90.7 Å². The minimum atomic E-state index is -4.74. The van der Waals surface area contributed by atoms with E-state index in [9.17, 15) is 26.4 Å². The number of nitrogens with zero attached hydrogens (tertiary/aromatic N) is 3. The molecule has 4 rings (SSSR count). The average Bonchev–Trinajstić information content (AvgIpc) is 3.29. The van der Waals surface area contributed by atoms with E-state index < -0.39 is 34.5 Å². The van der Waals surface area contributed by atoms with Crippen LogP contribution >= 0.6 is 0 Å². The van der Waals surface area contributed by atoms with Crippen molar-refractivity contribution in [1.82, 2.24) is 14.1 Å². The van der Waals surface area contributed by atoms with Crippen LogP contribution in [-0.2, 0) is 22.7 Å². The molecule has 35 heavy (non-hydrogen) atoms. The van der Waals surface area contributed by atoms with Crippen LogP contribution in [0.4, 0.5) is 13.2 Å². The fraction of sp³-hybridized carbons (Fsp3) is 0.304. The van der Waals surface area contributed by atoms with Gasteiger partial charge in [-0.2, -0.15) is 22.6 Å². The zero-order valence-electron chi connectivity index (χ0n) is 19.0. The minimum absolute atomic E-state index is 0.00169. The molecule has 8 nitrogen and oxygen atoms in total. The second-order valence-electron chi connectivity index (χ2n) is 8.19. The van der Waals surface area contributed by atoms with Crippen molar-refractivity contribution in [2.24, 2.45) is 0 Å². The van der Waals surface area contributed by atoms with E-state index in [4.69, 9.17) is 9.47 Å². The summed E-state index contributed by atoms with van der Waals surface area (Å²) >= 11 is 0. The Kier molecular flexibility index (Phi) is 6.26. The first-order valence-electron chi connectivity index (χ1n) is 10.5. The number of sulfonamides is 1. The summed E-state index contributed by atoms with van der Waals surface area (Å²) < 4.78 is 78.4. The van der Waals surface area contributed by atoms with Crippen LogP contribution in [0.2, 0.25) is 0 Å². The molecule has 186 valence electrons.